The van der Waals surface area contributed by atoms with Crippen molar-refractivity contribution in [1.82, 2.24) is 4.31 Å². The number of aromatic nitrogens is 1. The molecule has 1 N–H and O–H groups in total. The summed E-state index contributed by atoms with van der Waals surface area (Å²) in [5.41, 5.74) is 1.69. The standard InChI is InChI=1S/C21H27N3O4S/c1-3-5-18-8-10-23(11-9-18)17(2)21(25)22-19-6-4-7-20(16-19)29(26,27)24-12-14-28-15-13-24/h4,6-11,16-17H,3,5,12-15H2,1-2H3/p+1/t17-/m0/s1. The van der Waals surface area contributed by atoms with Gasteiger partial charge in [0, 0.05) is 37.8 Å². The Kier molecular flexibility index (Phi) is 7.00. The van der Waals surface area contributed by atoms with Crippen molar-refractivity contribution in [3.05, 3.63) is 54.4 Å². The van der Waals surface area contributed by atoms with E-state index in [9.17, 15) is 13.2 Å². The summed E-state index contributed by atoms with van der Waals surface area (Å²) in [6.07, 6.45) is 5.87. The van der Waals surface area contributed by atoms with Crippen LogP contribution in [0, 0.1) is 0 Å². The maximum atomic E-state index is 12.8. The lowest BCUT2D eigenvalue weighted by Crippen LogP contribution is -2.44. The van der Waals surface area contributed by atoms with Crippen LogP contribution in [0.4, 0.5) is 5.69 Å². The normalized spacial score (nSPS) is 16.3. The Labute approximate surface area is 172 Å². The maximum absolute atomic E-state index is 12.8. The summed E-state index contributed by atoms with van der Waals surface area (Å²) in [4.78, 5) is 12.8. The van der Waals surface area contributed by atoms with Crippen molar-refractivity contribution in [3.63, 3.8) is 0 Å². The summed E-state index contributed by atoms with van der Waals surface area (Å²) >= 11 is 0. The topological polar surface area (TPSA) is 79.6 Å². The fourth-order valence-electron chi connectivity index (χ4n) is 3.23. The van der Waals surface area contributed by atoms with Gasteiger partial charge in [-0.2, -0.15) is 8.87 Å². The first kappa shape index (κ1) is 21.4. The minimum Gasteiger partial charge on any atom is -0.379 e. The molecule has 0 spiro atoms. The van der Waals surface area contributed by atoms with Crippen LogP contribution in [-0.4, -0.2) is 44.9 Å². The van der Waals surface area contributed by atoms with Crippen LogP contribution in [0.5, 0.6) is 0 Å². The number of amides is 1. The van der Waals surface area contributed by atoms with Crippen molar-refractivity contribution in [1.29, 1.82) is 0 Å². The number of rotatable bonds is 7. The maximum Gasteiger partial charge on any atom is 0.293 e. The highest BCUT2D eigenvalue weighted by Crippen LogP contribution is 2.21. The molecule has 2 heterocycles. The Morgan fingerprint density at radius 2 is 1.90 bits per heavy atom. The van der Waals surface area contributed by atoms with E-state index in [0.29, 0.717) is 32.0 Å². The number of nitrogens with one attached hydrogen (secondary N) is 1. The molecular formula is C21H28N3O4S+. The lowest BCUT2D eigenvalue weighted by Gasteiger charge is -2.26. The van der Waals surface area contributed by atoms with Crippen LogP contribution in [0.15, 0.2) is 53.7 Å². The first-order valence-electron chi connectivity index (χ1n) is 9.90. The molecular weight excluding hydrogens is 390 g/mol. The number of anilines is 1. The first-order chi connectivity index (χ1) is 13.9. The summed E-state index contributed by atoms with van der Waals surface area (Å²) in [7, 11) is -3.61. The molecule has 7 nitrogen and oxygen atoms in total. The number of morpholine rings is 1. The molecule has 0 unspecified atom stereocenters. The van der Waals surface area contributed by atoms with Crippen LogP contribution in [0.2, 0.25) is 0 Å². The van der Waals surface area contributed by atoms with E-state index in [0.717, 1.165) is 12.8 Å². The fraction of sp³-hybridized carbons (Fsp3) is 0.429. The molecule has 8 heteroatoms. The van der Waals surface area contributed by atoms with Gasteiger partial charge < -0.3 is 10.1 Å². The van der Waals surface area contributed by atoms with Crippen LogP contribution in [0.3, 0.4) is 0 Å². The van der Waals surface area contributed by atoms with Gasteiger partial charge in [0.2, 0.25) is 16.1 Å². The first-order valence-corrected chi connectivity index (χ1v) is 11.3. The van der Waals surface area contributed by atoms with E-state index < -0.39 is 16.1 Å². The monoisotopic (exact) mass is 418 g/mol. The highest BCUT2D eigenvalue weighted by Gasteiger charge is 2.27. The van der Waals surface area contributed by atoms with Crippen LogP contribution in [0.25, 0.3) is 0 Å². The van der Waals surface area contributed by atoms with Gasteiger partial charge in [0.25, 0.3) is 5.91 Å². The van der Waals surface area contributed by atoms with Gasteiger partial charge in [-0.15, -0.1) is 0 Å². The molecule has 0 saturated carbocycles. The molecule has 1 amide bonds. The number of hydrogen-bond acceptors (Lipinski definition) is 4. The van der Waals surface area contributed by atoms with Crippen molar-refractivity contribution >= 4 is 21.6 Å². The van der Waals surface area contributed by atoms with Crippen LogP contribution in [0.1, 0.15) is 31.9 Å². The van der Waals surface area contributed by atoms with E-state index >= 15 is 0 Å². The lowest BCUT2D eigenvalue weighted by atomic mass is 10.1. The van der Waals surface area contributed by atoms with E-state index in [1.165, 1.54) is 15.9 Å². The third-order valence-electron chi connectivity index (χ3n) is 5.00. The van der Waals surface area contributed by atoms with Crippen LogP contribution >= 0.6 is 0 Å². The van der Waals surface area contributed by atoms with Gasteiger partial charge in [0.05, 0.1) is 18.1 Å². The minimum atomic E-state index is -3.61. The minimum absolute atomic E-state index is 0.168. The van der Waals surface area contributed by atoms with E-state index in [-0.39, 0.29) is 10.8 Å². The van der Waals surface area contributed by atoms with E-state index in [2.05, 4.69) is 12.2 Å². The Morgan fingerprint density at radius 1 is 1.21 bits per heavy atom. The van der Waals surface area contributed by atoms with Gasteiger partial charge in [-0.3, -0.25) is 4.79 Å². The molecule has 0 bridgehead atoms. The van der Waals surface area contributed by atoms with Gasteiger partial charge in [-0.1, -0.05) is 19.4 Å². The fourth-order valence-corrected chi connectivity index (χ4v) is 4.69. The average Bonchev–Trinajstić information content (AvgIpc) is 2.75. The smallest absolute Gasteiger partial charge is 0.293 e. The summed E-state index contributed by atoms with van der Waals surface area (Å²) < 4.78 is 34.1. The molecule has 1 aliphatic heterocycles. The number of nitrogens with zero attached hydrogens (tertiary/aromatic N) is 2. The number of benzene rings is 1. The van der Waals surface area contributed by atoms with Gasteiger partial charge >= 0.3 is 0 Å². The van der Waals surface area contributed by atoms with Gasteiger partial charge in [0.1, 0.15) is 0 Å². The third-order valence-corrected chi connectivity index (χ3v) is 6.89. The molecule has 0 aliphatic carbocycles. The van der Waals surface area contributed by atoms with Crippen molar-refractivity contribution in [2.75, 3.05) is 31.6 Å². The second-order valence-electron chi connectivity index (χ2n) is 7.11. The van der Waals surface area contributed by atoms with Gasteiger partial charge in [-0.05, 0) is 30.2 Å². The van der Waals surface area contributed by atoms with Gasteiger partial charge in [-0.25, -0.2) is 8.42 Å². The highest BCUT2D eigenvalue weighted by molar-refractivity contribution is 7.89. The van der Waals surface area contributed by atoms with E-state index in [1.807, 2.05) is 36.0 Å². The second kappa shape index (κ2) is 9.47. The zero-order valence-corrected chi connectivity index (χ0v) is 17.7. The average molecular weight is 419 g/mol. The Balaban J connectivity index is 1.71. The summed E-state index contributed by atoms with van der Waals surface area (Å²) in [5, 5.41) is 2.83. The molecule has 1 aliphatic rings. The molecule has 1 aromatic carbocycles. The quantitative estimate of drug-likeness (QED) is 0.699. The predicted octanol–water partition coefficient (Wildman–Crippen LogP) is 2.15. The number of pyridine rings is 1. The number of hydrogen-bond donors (Lipinski definition) is 1. The molecule has 1 fully saturated rings. The molecule has 1 atom stereocenters. The van der Waals surface area contributed by atoms with E-state index in [4.69, 9.17) is 4.74 Å². The lowest BCUT2D eigenvalue weighted by molar-refractivity contribution is -0.705. The van der Waals surface area contributed by atoms with Gasteiger partial charge in [0.15, 0.2) is 12.4 Å². The van der Waals surface area contributed by atoms with Crippen molar-refractivity contribution in [2.45, 2.75) is 37.6 Å². The van der Waals surface area contributed by atoms with Crippen LogP contribution < -0.4 is 9.88 Å². The molecule has 2 aromatic rings. The van der Waals surface area contributed by atoms with E-state index in [1.54, 1.807) is 18.2 Å². The third kappa shape index (κ3) is 5.20. The van der Waals surface area contributed by atoms with Crippen molar-refractivity contribution in [2.24, 2.45) is 0 Å². The largest absolute Gasteiger partial charge is 0.379 e. The molecule has 3 rings (SSSR count). The van der Waals surface area contributed by atoms with Crippen molar-refractivity contribution < 1.29 is 22.5 Å². The molecule has 0 radical (unpaired) electrons. The molecule has 1 saturated heterocycles. The number of ether oxygens (including phenoxy) is 1. The molecule has 29 heavy (non-hydrogen) atoms. The second-order valence-corrected chi connectivity index (χ2v) is 9.05. The highest BCUT2D eigenvalue weighted by atomic mass is 32.2. The Morgan fingerprint density at radius 3 is 2.55 bits per heavy atom. The zero-order valence-electron chi connectivity index (χ0n) is 16.9. The Hall–Kier alpha value is -2.29. The van der Waals surface area contributed by atoms with Crippen molar-refractivity contribution in [3.8, 4) is 0 Å². The van der Waals surface area contributed by atoms with Crippen LogP contribution in [-0.2, 0) is 26.0 Å². The number of carbonyl (C=O) groups excluding carboxylic acids is 1. The number of sulfonamides is 1. The summed E-state index contributed by atoms with van der Waals surface area (Å²) in [5.74, 6) is -0.209. The predicted molar refractivity (Wildman–Crippen MR) is 110 cm³/mol. The Bertz CT molecular complexity index is 939. The molecule has 1 aromatic heterocycles. The number of aryl methyl sites for hydroxylation is 1. The SMILES string of the molecule is CCCc1cc[n+]([C@@H](C)C(=O)Nc2cccc(S(=O)(=O)N3CCOCC3)c2)cc1. The zero-order chi connectivity index (χ0) is 20.9. The summed E-state index contributed by atoms with van der Waals surface area (Å²) in [6, 6.07) is 9.99. The number of carbonyl (C=O) groups is 1. The molecule has 156 valence electrons. The summed E-state index contributed by atoms with van der Waals surface area (Å²) in [6.45, 7) is 5.39.